The van der Waals surface area contributed by atoms with Crippen LogP contribution in [0.15, 0.2) is 60.7 Å². The average molecular weight is 562 g/mol. The van der Waals surface area contributed by atoms with Gasteiger partial charge in [0.1, 0.15) is 22.9 Å². The van der Waals surface area contributed by atoms with Gasteiger partial charge in [-0.15, -0.1) is 0 Å². The number of hydrogen-bond donors (Lipinski definition) is 2. The Balaban J connectivity index is 1.42. The number of carbonyl (C=O) groups is 3. The molecule has 0 aromatic heterocycles. The zero-order valence-electron chi connectivity index (χ0n) is 19.9. The van der Waals surface area contributed by atoms with E-state index in [1.54, 1.807) is 42.5 Å². The third-order valence-corrected chi connectivity index (χ3v) is 5.39. The summed E-state index contributed by atoms with van der Waals surface area (Å²) in [5, 5.41) is 16.9. The summed E-state index contributed by atoms with van der Waals surface area (Å²) < 4.78 is 15.5. The van der Waals surface area contributed by atoms with Crippen LogP contribution in [0.1, 0.15) is 12.8 Å². The minimum atomic E-state index is -0.793. The molecule has 0 bridgehead atoms. The lowest BCUT2D eigenvalue weighted by atomic mass is 10.2. The minimum Gasteiger partial charge on any atom is -0.497 e. The molecule has 0 fully saturated rings. The van der Waals surface area contributed by atoms with Gasteiger partial charge in [0.15, 0.2) is 6.61 Å². The Hall–Kier alpha value is -4.35. The fourth-order valence-electron chi connectivity index (χ4n) is 3.04. The molecule has 0 radical (unpaired) electrons. The van der Waals surface area contributed by atoms with Crippen LogP contribution in [0.2, 0.25) is 10.0 Å². The van der Waals surface area contributed by atoms with Crippen LogP contribution in [-0.2, 0) is 19.1 Å². The second-order valence-electron chi connectivity index (χ2n) is 7.60. The van der Waals surface area contributed by atoms with E-state index in [4.69, 9.17) is 37.4 Å². The largest absolute Gasteiger partial charge is 0.497 e. The predicted molar refractivity (Wildman–Crippen MR) is 140 cm³/mol. The first-order chi connectivity index (χ1) is 18.1. The van der Waals surface area contributed by atoms with Crippen molar-refractivity contribution in [3.05, 3.63) is 80.8 Å². The Bertz CT molecular complexity index is 1350. The van der Waals surface area contributed by atoms with E-state index in [-0.39, 0.29) is 24.2 Å². The fraction of sp³-hybridized carbons (Fsp3) is 0.160. The number of hydrogen-bond acceptors (Lipinski definition) is 8. The highest BCUT2D eigenvalue weighted by atomic mass is 35.5. The topological polar surface area (TPSA) is 146 Å². The molecular formula is C25H21Cl2N3O8. The first-order valence-electron chi connectivity index (χ1n) is 11.0. The molecule has 0 atom stereocenters. The summed E-state index contributed by atoms with van der Waals surface area (Å²) in [5.74, 6) is -0.842. The molecule has 0 heterocycles. The van der Waals surface area contributed by atoms with Crippen LogP contribution in [0, 0.1) is 10.1 Å². The molecule has 0 spiro atoms. The maximum atomic E-state index is 12.2. The Morgan fingerprint density at radius 2 is 1.61 bits per heavy atom. The molecule has 13 heteroatoms. The SMILES string of the molecule is COc1ccc([N+](=O)[O-])c(NC(=O)COC(=O)CCC(=O)Nc2ccc(Oc3ccc(Cl)cc3Cl)cc2)c1. The van der Waals surface area contributed by atoms with E-state index in [0.717, 1.165) is 0 Å². The number of carbonyl (C=O) groups excluding carboxylic acids is 3. The van der Waals surface area contributed by atoms with Gasteiger partial charge in [-0.25, -0.2) is 0 Å². The van der Waals surface area contributed by atoms with Gasteiger partial charge in [0, 0.05) is 29.3 Å². The average Bonchev–Trinajstić information content (AvgIpc) is 2.88. The number of ether oxygens (including phenoxy) is 3. The van der Waals surface area contributed by atoms with E-state index in [1.807, 2.05) is 0 Å². The van der Waals surface area contributed by atoms with E-state index in [9.17, 15) is 24.5 Å². The highest BCUT2D eigenvalue weighted by Crippen LogP contribution is 2.32. The Morgan fingerprint density at radius 1 is 0.895 bits per heavy atom. The van der Waals surface area contributed by atoms with Crippen molar-refractivity contribution in [1.29, 1.82) is 0 Å². The van der Waals surface area contributed by atoms with E-state index in [0.29, 0.717) is 33.0 Å². The van der Waals surface area contributed by atoms with E-state index >= 15 is 0 Å². The number of anilines is 2. The zero-order chi connectivity index (χ0) is 27.7. The van der Waals surface area contributed by atoms with Gasteiger partial charge in [0.25, 0.3) is 11.6 Å². The Labute approximate surface area is 226 Å². The molecule has 0 saturated carbocycles. The monoisotopic (exact) mass is 561 g/mol. The number of nitro benzene ring substituents is 1. The van der Waals surface area contributed by atoms with Crippen molar-refractivity contribution in [2.24, 2.45) is 0 Å². The van der Waals surface area contributed by atoms with Crippen LogP contribution >= 0.6 is 23.2 Å². The van der Waals surface area contributed by atoms with Crippen molar-refractivity contribution in [2.75, 3.05) is 24.4 Å². The lowest BCUT2D eigenvalue weighted by Gasteiger charge is -2.10. The summed E-state index contributed by atoms with van der Waals surface area (Å²) >= 11 is 12.0. The van der Waals surface area contributed by atoms with Crippen molar-refractivity contribution < 1.29 is 33.5 Å². The lowest BCUT2D eigenvalue weighted by Crippen LogP contribution is -2.22. The molecule has 0 aliphatic heterocycles. The first-order valence-corrected chi connectivity index (χ1v) is 11.7. The molecule has 198 valence electrons. The summed E-state index contributed by atoms with van der Waals surface area (Å²) in [7, 11) is 1.37. The molecule has 0 aliphatic carbocycles. The van der Waals surface area contributed by atoms with Gasteiger partial charge in [-0.05, 0) is 48.5 Å². The lowest BCUT2D eigenvalue weighted by molar-refractivity contribution is -0.383. The van der Waals surface area contributed by atoms with Crippen molar-refractivity contribution in [3.63, 3.8) is 0 Å². The second kappa shape index (κ2) is 13.3. The summed E-state index contributed by atoms with van der Waals surface area (Å²) in [5.41, 5.74) is 0.00941. The quantitative estimate of drug-likeness (QED) is 0.174. The number of amides is 2. The molecular weight excluding hydrogens is 541 g/mol. The number of benzene rings is 3. The number of methoxy groups -OCH3 is 1. The normalized spacial score (nSPS) is 10.3. The van der Waals surface area contributed by atoms with Crippen LogP contribution in [0.25, 0.3) is 0 Å². The van der Waals surface area contributed by atoms with Crippen LogP contribution in [-0.4, -0.2) is 36.4 Å². The molecule has 3 rings (SSSR count). The number of nitrogens with zero attached hydrogens (tertiary/aromatic N) is 1. The number of esters is 1. The van der Waals surface area contributed by atoms with Crippen LogP contribution in [0.5, 0.6) is 17.2 Å². The maximum absolute atomic E-state index is 12.2. The first kappa shape index (κ1) is 28.2. The zero-order valence-corrected chi connectivity index (χ0v) is 21.4. The van der Waals surface area contributed by atoms with Crippen molar-refractivity contribution in [2.45, 2.75) is 12.8 Å². The summed E-state index contributed by atoms with van der Waals surface area (Å²) in [6, 6.07) is 15.1. The smallest absolute Gasteiger partial charge is 0.306 e. The van der Waals surface area contributed by atoms with Gasteiger partial charge in [0.2, 0.25) is 5.91 Å². The van der Waals surface area contributed by atoms with Crippen LogP contribution < -0.4 is 20.1 Å². The third-order valence-electron chi connectivity index (χ3n) is 4.85. The van der Waals surface area contributed by atoms with Crippen molar-refractivity contribution >= 4 is 58.0 Å². The van der Waals surface area contributed by atoms with E-state index in [2.05, 4.69) is 10.6 Å². The van der Waals surface area contributed by atoms with Gasteiger partial charge < -0.3 is 24.8 Å². The van der Waals surface area contributed by atoms with Crippen molar-refractivity contribution in [1.82, 2.24) is 0 Å². The summed E-state index contributed by atoms with van der Waals surface area (Å²) in [6.45, 7) is -0.687. The summed E-state index contributed by atoms with van der Waals surface area (Å²) in [6.07, 6.45) is -0.477. The highest BCUT2D eigenvalue weighted by molar-refractivity contribution is 6.35. The van der Waals surface area contributed by atoms with Gasteiger partial charge in [-0.1, -0.05) is 23.2 Å². The van der Waals surface area contributed by atoms with Crippen LogP contribution in [0.4, 0.5) is 17.1 Å². The third kappa shape index (κ3) is 8.36. The molecule has 2 N–H and O–H groups in total. The molecule has 0 aliphatic rings. The predicted octanol–water partition coefficient (Wildman–Crippen LogP) is 5.60. The fourth-order valence-corrected chi connectivity index (χ4v) is 3.48. The van der Waals surface area contributed by atoms with Gasteiger partial charge in [-0.2, -0.15) is 0 Å². The Morgan fingerprint density at radius 3 is 2.26 bits per heavy atom. The highest BCUT2D eigenvalue weighted by Gasteiger charge is 2.18. The molecule has 2 amide bonds. The molecule has 11 nitrogen and oxygen atoms in total. The molecule has 0 unspecified atom stereocenters. The number of nitro groups is 1. The van der Waals surface area contributed by atoms with E-state index in [1.165, 1.54) is 25.3 Å². The Kier molecular flexibility index (Phi) is 9.85. The molecule has 3 aromatic carbocycles. The number of rotatable bonds is 11. The van der Waals surface area contributed by atoms with Gasteiger partial charge >= 0.3 is 5.97 Å². The van der Waals surface area contributed by atoms with Crippen molar-refractivity contribution in [3.8, 4) is 17.2 Å². The number of halogens is 2. The van der Waals surface area contributed by atoms with Gasteiger partial charge in [-0.3, -0.25) is 24.5 Å². The van der Waals surface area contributed by atoms with Gasteiger partial charge in [0.05, 0.1) is 23.5 Å². The standard InChI is InChI=1S/C25H21Cl2N3O8/c1-36-18-7-8-21(30(34)35)20(13-18)29-24(32)14-37-25(33)11-10-23(31)28-16-3-5-17(6-4-16)38-22-9-2-15(26)12-19(22)27/h2-9,12-13H,10-11,14H2,1H3,(H,28,31)(H,29,32). The maximum Gasteiger partial charge on any atom is 0.306 e. The molecule has 3 aromatic rings. The minimum absolute atomic E-state index is 0.109. The molecule has 0 saturated heterocycles. The second-order valence-corrected chi connectivity index (χ2v) is 8.44. The molecule has 38 heavy (non-hydrogen) atoms. The van der Waals surface area contributed by atoms with Crippen LogP contribution in [0.3, 0.4) is 0 Å². The number of nitrogens with one attached hydrogen (secondary N) is 2. The summed E-state index contributed by atoms with van der Waals surface area (Å²) in [4.78, 5) is 46.7. The van der Waals surface area contributed by atoms with E-state index < -0.39 is 29.3 Å².